The van der Waals surface area contributed by atoms with Crippen LogP contribution in [0.4, 0.5) is 5.13 Å². The molecule has 0 aliphatic rings. The molecule has 0 aliphatic heterocycles. The highest BCUT2D eigenvalue weighted by Crippen LogP contribution is 2.30. The van der Waals surface area contributed by atoms with Crippen LogP contribution in [0, 0.1) is 0 Å². The van der Waals surface area contributed by atoms with Gasteiger partial charge in [0.1, 0.15) is 0 Å². The van der Waals surface area contributed by atoms with Crippen molar-refractivity contribution in [1.29, 1.82) is 0 Å². The number of amides is 1. The van der Waals surface area contributed by atoms with Crippen LogP contribution in [-0.4, -0.2) is 33.4 Å². The zero-order valence-electron chi connectivity index (χ0n) is 14.3. The van der Waals surface area contributed by atoms with Crippen LogP contribution in [0.1, 0.15) is 10.4 Å². The SMILES string of the molecule is O=C(COC(=O)c1ccc2nc[nH]c2c1)Nc1nc(-c2ccccc2Cl)cs1. The van der Waals surface area contributed by atoms with Crippen molar-refractivity contribution in [2.75, 3.05) is 11.9 Å². The lowest BCUT2D eigenvalue weighted by Gasteiger charge is -2.05. The second-order valence-electron chi connectivity index (χ2n) is 5.78. The summed E-state index contributed by atoms with van der Waals surface area (Å²) < 4.78 is 5.07. The van der Waals surface area contributed by atoms with Gasteiger partial charge in [-0.25, -0.2) is 14.8 Å². The molecule has 0 radical (unpaired) electrons. The van der Waals surface area contributed by atoms with Crippen molar-refractivity contribution in [2.45, 2.75) is 0 Å². The maximum atomic E-state index is 12.1. The highest BCUT2D eigenvalue weighted by molar-refractivity contribution is 7.14. The number of nitrogens with one attached hydrogen (secondary N) is 2. The van der Waals surface area contributed by atoms with Crippen molar-refractivity contribution < 1.29 is 14.3 Å². The van der Waals surface area contributed by atoms with E-state index in [-0.39, 0.29) is 0 Å². The number of thiazole rings is 1. The highest BCUT2D eigenvalue weighted by atomic mass is 35.5. The van der Waals surface area contributed by atoms with E-state index >= 15 is 0 Å². The number of anilines is 1. The van der Waals surface area contributed by atoms with Crippen molar-refractivity contribution in [2.24, 2.45) is 0 Å². The van der Waals surface area contributed by atoms with Gasteiger partial charge in [0.2, 0.25) is 0 Å². The molecule has 0 bridgehead atoms. The molecule has 0 atom stereocenters. The summed E-state index contributed by atoms with van der Waals surface area (Å²) in [7, 11) is 0. The number of rotatable bonds is 5. The Hall–Kier alpha value is -3.23. The van der Waals surface area contributed by atoms with E-state index in [4.69, 9.17) is 16.3 Å². The molecule has 0 aliphatic carbocycles. The van der Waals surface area contributed by atoms with Gasteiger partial charge in [-0.15, -0.1) is 11.3 Å². The lowest BCUT2D eigenvalue weighted by molar-refractivity contribution is -0.119. The maximum Gasteiger partial charge on any atom is 0.338 e. The van der Waals surface area contributed by atoms with Gasteiger partial charge in [0.05, 0.1) is 28.6 Å². The number of aromatic nitrogens is 3. The molecule has 7 nitrogen and oxygen atoms in total. The maximum absolute atomic E-state index is 12.1. The molecule has 2 aromatic carbocycles. The van der Waals surface area contributed by atoms with Gasteiger partial charge in [0.25, 0.3) is 5.91 Å². The number of halogens is 1. The number of imidazole rings is 1. The minimum atomic E-state index is -0.595. The molecule has 0 saturated carbocycles. The monoisotopic (exact) mass is 412 g/mol. The van der Waals surface area contributed by atoms with Gasteiger partial charge in [-0.2, -0.15) is 0 Å². The number of hydrogen-bond donors (Lipinski definition) is 2. The normalized spacial score (nSPS) is 10.8. The fourth-order valence-corrected chi connectivity index (χ4v) is 3.52. The van der Waals surface area contributed by atoms with E-state index in [2.05, 4.69) is 20.3 Å². The molecular weight excluding hydrogens is 400 g/mol. The van der Waals surface area contributed by atoms with Crippen LogP contribution in [0.25, 0.3) is 22.3 Å². The molecule has 0 unspecified atom stereocenters. The van der Waals surface area contributed by atoms with Crippen molar-refractivity contribution in [3.63, 3.8) is 0 Å². The average Bonchev–Trinajstić information content (AvgIpc) is 3.35. The van der Waals surface area contributed by atoms with E-state index in [0.717, 1.165) is 11.1 Å². The topological polar surface area (TPSA) is 97.0 Å². The van der Waals surface area contributed by atoms with Crippen LogP contribution in [0.15, 0.2) is 54.2 Å². The number of carbonyl (C=O) groups excluding carboxylic acids is 2. The molecule has 1 amide bonds. The summed E-state index contributed by atoms with van der Waals surface area (Å²) in [5.41, 5.74) is 3.23. The molecular formula is C19H13ClN4O3S. The van der Waals surface area contributed by atoms with E-state index in [1.165, 1.54) is 17.7 Å². The van der Waals surface area contributed by atoms with Crippen molar-refractivity contribution >= 4 is 51.0 Å². The summed E-state index contributed by atoms with van der Waals surface area (Å²) in [6.45, 7) is -0.416. The van der Waals surface area contributed by atoms with Gasteiger partial charge < -0.3 is 9.72 Å². The van der Waals surface area contributed by atoms with Crippen LogP contribution < -0.4 is 5.32 Å². The number of H-pyrrole nitrogens is 1. The lowest BCUT2D eigenvalue weighted by atomic mass is 10.2. The summed E-state index contributed by atoms with van der Waals surface area (Å²) in [5.74, 6) is -1.07. The molecule has 4 rings (SSSR count). The number of benzene rings is 2. The molecule has 2 N–H and O–H groups in total. The summed E-state index contributed by atoms with van der Waals surface area (Å²) >= 11 is 7.42. The van der Waals surface area contributed by atoms with E-state index < -0.39 is 18.5 Å². The number of hydrogen-bond acceptors (Lipinski definition) is 6. The molecule has 0 spiro atoms. The second-order valence-corrected chi connectivity index (χ2v) is 7.04. The Kier molecular flexibility index (Phi) is 5.05. The first-order valence-corrected chi connectivity index (χ1v) is 9.46. The molecule has 28 heavy (non-hydrogen) atoms. The number of carbonyl (C=O) groups is 2. The van der Waals surface area contributed by atoms with Gasteiger partial charge in [-0.3, -0.25) is 10.1 Å². The van der Waals surface area contributed by atoms with Gasteiger partial charge in [-0.1, -0.05) is 29.8 Å². The fraction of sp³-hybridized carbons (Fsp3) is 0.0526. The number of ether oxygens (including phenoxy) is 1. The average molecular weight is 413 g/mol. The van der Waals surface area contributed by atoms with Crippen molar-refractivity contribution in [1.82, 2.24) is 15.0 Å². The summed E-state index contributed by atoms with van der Waals surface area (Å²) in [4.78, 5) is 35.5. The molecule has 2 heterocycles. The Bertz CT molecular complexity index is 1170. The number of aromatic amines is 1. The lowest BCUT2D eigenvalue weighted by Crippen LogP contribution is -2.20. The molecule has 4 aromatic rings. The molecule has 0 saturated heterocycles. The van der Waals surface area contributed by atoms with E-state index in [0.29, 0.717) is 26.9 Å². The second kappa shape index (κ2) is 7.79. The minimum Gasteiger partial charge on any atom is -0.452 e. The molecule has 140 valence electrons. The van der Waals surface area contributed by atoms with Crippen LogP contribution in [0.2, 0.25) is 5.02 Å². The molecule has 2 aromatic heterocycles. The minimum absolute atomic E-state index is 0.333. The first kappa shape index (κ1) is 18.1. The van der Waals surface area contributed by atoms with Gasteiger partial charge >= 0.3 is 5.97 Å². The fourth-order valence-electron chi connectivity index (χ4n) is 2.56. The summed E-state index contributed by atoms with van der Waals surface area (Å²) in [6, 6.07) is 12.2. The third-order valence-electron chi connectivity index (χ3n) is 3.89. The first-order valence-electron chi connectivity index (χ1n) is 8.21. The van der Waals surface area contributed by atoms with Gasteiger partial charge in [-0.05, 0) is 24.3 Å². The Morgan fingerprint density at radius 1 is 1.21 bits per heavy atom. The summed E-state index contributed by atoms with van der Waals surface area (Å²) in [5, 5.41) is 5.39. The van der Waals surface area contributed by atoms with Crippen molar-refractivity contribution in [3.05, 3.63) is 64.8 Å². The molecule has 9 heteroatoms. The first-order chi connectivity index (χ1) is 13.6. The third kappa shape index (κ3) is 3.88. The standard InChI is InChI=1S/C19H13ClN4O3S/c20-13-4-2-1-3-12(13)16-9-28-19(23-16)24-17(25)8-27-18(26)11-5-6-14-15(7-11)22-10-21-14/h1-7,9-10H,8H2,(H,21,22)(H,23,24,25). The van der Waals surface area contributed by atoms with Crippen LogP contribution in [-0.2, 0) is 9.53 Å². The number of nitrogens with zero attached hydrogens (tertiary/aromatic N) is 2. The number of fused-ring (bicyclic) bond motifs is 1. The van der Waals surface area contributed by atoms with Crippen molar-refractivity contribution in [3.8, 4) is 11.3 Å². The van der Waals surface area contributed by atoms with Crippen LogP contribution in [0.3, 0.4) is 0 Å². The highest BCUT2D eigenvalue weighted by Gasteiger charge is 2.14. The Morgan fingerprint density at radius 2 is 2.07 bits per heavy atom. The third-order valence-corrected chi connectivity index (χ3v) is 4.98. The Labute approximate surface area is 168 Å². The number of esters is 1. The Balaban J connectivity index is 1.35. The zero-order chi connectivity index (χ0) is 19.5. The van der Waals surface area contributed by atoms with Gasteiger partial charge in [0, 0.05) is 16.0 Å². The zero-order valence-corrected chi connectivity index (χ0v) is 15.9. The predicted octanol–water partition coefficient (Wildman–Crippen LogP) is 4.14. The van der Waals surface area contributed by atoms with Crippen LogP contribution >= 0.6 is 22.9 Å². The quantitative estimate of drug-likeness (QED) is 0.480. The van der Waals surface area contributed by atoms with Crippen LogP contribution in [0.5, 0.6) is 0 Å². The Morgan fingerprint density at radius 3 is 2.93 bits per heavy atom. The largest absolute Gasteiger partial charge is 0.452 e. The van der Waals surface area contributed by atoms with E-state index in [1.807, 2.05) is 18.2 Å². The summed E-state index contributed by atoms with van der Waals surface area (Å²) in [6.07, 6.45) is 1.54. The van der Waals surface area contributed by atoms with E-state index in [9.17, 15) is 9.59 Å². The molecule has 0 fully saturated rings. The van der Waals surface area contributed by atoms with E-state index in [1.54, 1.807) is 29.6 Å². The smallest absolute Gasteiger partial charge is 0.338 e. The van der Waals surface area contributed by atoms with Gasteiger partial charge in [0.15, 0.2) is 11.7 Å². The predicted molar refractivity (Wildman–Crippen MR) is 108 cm³/mol.